The highest BCUT2D eigenvalue weighted by atomic mass is 19.4. The number of aromatic nitrogens is 3. The summed E-state index contributed by atoms with van der Waals surface area (Å²) in [5, 5.41) is 11.6. The van der Waals surface area contributed by atoms with Gasteiger partial charge in [0.1, 0.15) is 0 Å². The molecule has 1 amide bonds. The van der Waals surface area contributed by atoms with E-state index in [-0.39, 0.29) is 5.56 Å². The molecule has 0 saturated carbocycles. The predicted molar refractivity (Wildman–Crippen MR) is 107 cm³/mol. The van der Waals surface area contributed by atoms with E-state index in [4.69, 9.17) is 5.11 Å². The van der Waals surface area contributed by atoms with Crippen molar-refractivity contribution in [3.8, 4) is 5.69 Å². The van der Waals surface area contributed by atoms with E-state index >= 15 is 0 Å². The summed E-state index contributed by atoms with van der Waals surface area (Å²) in [5.41, 5.74) is 1.19. The van der Waals surface area contributed by atoms with Crippen LogP contribution in [0.15, 0.2) is 48.8 Å². The minimum absolute atomic E-state index is 0.0459. The lowest BCUT2D eigenvalue weighted by Crippen LogP contribution is -2.40. The molecule has 2 heterocycles. The Labute approximate surface area is 182 Å². The number of halogens is 6. The molecule has 0 aliphatic heterocycles. The van der Waals surface area contributed by atoms with Crippen LogP contribution >= 0.6 is 0 Å². The van der Waals surface area contributed by atoms with Gasteiger partial charge in [0.05, 0.1) is 29.5 Å². The monoisotopic (exact) mass is 470 g/mol. The van der Waals surface area contributed by atoms with E-state index in [2.05, 4.69) is 4.98 Å². The molecule has 1 unspecified atom stereocenters. The lowest BCUT2D eigenvalue weighted by Gasteiger charge is -2.15. The molecule has 0 saturated heterocycles. The van der Waals surface area contributed by atoms with E-state index in [9.17, 15) is 31.1 Å². The number of carbonyl (C=O) groups excluding carboxylic acids is 1. The summed E-state index contributed by atoms with van der Waals surface area (Å²) in [5.74, 6) is -0.821. The first-order chi connectivity index (χ1) is 15.4. The molecule has 0 aliphatic carbocycles. The number of imidazole rings is 1. The smallest absolute Gasteiger partial charge is 0.382 e. The molecule has 0 radical (unpaired) electrons. The number of aliphatic hydroxyl groups is 1. The number of hydrogen-bond acceptors (Lipinski definition) is 3. The van der Waals surface area contributed by atoms with Crippen LogP contribution in [0, 0.1) is 0 Å². The lowest BCUT2D eigenvalue weighted by molar-refractivity contribution is -0.201. The molecular weight excluding hydrogens is 454 g/mol. The van der Waals surface area contributed by atoms with Gasteiger partial charge in [-0.3, -0.25) is 9.36 Å². The minimum Gasteiger partial charge on any atom is -0.382 e. The van der Waals surface area contributed by atoms with Crippen LogP contribution in [0.3, 0.4) is 0 Å². The minimum atomic E-state index is -4.86. The first-order valence-electron chi connectivity index (χ1n) is 9.54. The van der Waals surface area contributed by atoms with Gasteiger partial charge in [-0.25, -0.2) is 4.98 Å². The third-order valence-electron chi connectivity index (χ3n) is 5.17. The summed E-state index contributed by atoms with van der Waals surface area (Å²) in [4.78, 5) is 16.7. The molecule has 2 aromatic heterocycles. The van der Waals surface area contributed by atoms with Gasteiger partial charge < -0.3 is 15.0 Å². The van der Waals surface area contributed by atoms with Gasteiger partial charge in [0.25, 0.3) is 5.91 Å². The standard InChI is InChI=1S/C21H16F6N4O2/c1-30-10-29-18-17(30)14-8-11(19(33)28-9-16(32)21(25,26)27)2-7-15(14)31(18)13-5-3-12(4-6-13)20(22,23)24/h2-8,10,16,32H,9H2,1H3,(H,28,33). The average molecular weight is 470 g/mol. The van der Waals surface area contributed by atoms with Crippen molar-refractivity contribution in [3.05, 3.63) is 59.9 Å². The predicted octanol–water partition coefficient (Wildman–Crippen LogP) is 4.19. The second-order valence-corrected chi connectivity index (χ2v) is 7.41. The number of fused-ring (bicyclic) bond motifs is 3. The Morgan fingerprint density at radius 1 is 1.09 bits per heavy atom. The third kappa shape index (κ3) is 4.13. The van der Waals surface area contributed by atoms with Gasteiger partial charge in [0, 0.05) is 23.7 Å². The number of aryl methyl sites for hydroxylation is 1. The fraction of sp³-hybridized carbons (Fsp3) is 0.238. The number of rotatable bonds is 4. The Morgan fingerprint density at radius 2 is 1.76 bits per heavy atom. The highest BCUT2D eigenvalue weighted by molar-refractivity contribution is 6.09. The molecule has 6 nitrogen and oxygen atoms in total. The van der Waals surface area contributed by atoms with Crippen molar-refractivity contribution in [3.63, 3.8) is 0 Å². The highest BCUT2D eigenvalue weighted by Gasteiger charge is 2.38. The van der Waals surface area contributed by atoms with E-state index in [1.807, 2.05) is 5.32 Å². The van der Waals surface area contributed by atoms with Gasteiger partial charge in [-0.2, -0.15) is 26.3 Å². The molecule has 12 heteroatoms. The quantitative estimate of drug-likeness (QED) is 0.440. The largest absolute Gasteiger partial charge is 0.416 e. The zero-order chi connectivity index (χ0) is 24.1. The Morgan fingerprint density at radius 3 is 2.36 bits per heavy atom. The van der Waals surface area contributed by atoms with Crippen LogP contribution in [0.1, 0.15) is 15.9 Å². The number of hydrogen-bond donors (Lipinski definition) is 2. The van der Waals surface area contributed by atoms with Gasteiger partial charge in [0.15, 0.2) is 11.8 Å². The van der Waals surface area contributed by atoms with Gasteiger partial charge in [0.2, 0.25) is 0 Å². The van der Waals surface area contributed by atoms with Crippen molar-refractivity contribution in [2.75, 3.05) is 6.54 Å². The maximum atomic E-state index is 12.9. The lowest BCUT2D eigenvalue weighted by atomic mass is 10.1. The Hall–Kier alpha value is -3.54. The SMILES string of the molecule is Cn1cnc2c1c1cc(C(=O)NCC(O)C(F)(F)F)ccc1n2-c1ccc(C(F)(F)F)cc1. The molecule has 174 valence electrons. The van der Waals surface area contributed by atoms with Gasteiger partial charge in [-0.1, -0.05) is 0 Å². The molecule has 2 N–H and O–H groups in total. The molecule has 1 atom stereocenters. The number of aliphatic hydroxyl groups excluding tert-OH is 1. The molecule has 0 fully saturated rings. The van der Waals surface area contributed by atoms with Crippen LogP contribution in [0.4, 0.5) is 26.3 Å². The van der Waals surface area contributed by atoms with Crippen LogP contribution in [0.5, 0.6) is 0 Å². The first kappa shape index (κ1) is 22.6. The molecule has 4 rings (SSSR count). The number of benzene rings is 2. The maximum absolute atomic E-state index is 12.9. The van der Waals surface area contributed by atoms with Gasteiger partial charge in [-0.05, 0) is 42.5 Å². The normalized spacial score (nSPS) is 13.6. The molecule has 0 bridgehead atoms. The van der Waals surface area contributed by atoms with E-state index in [1.165, 1.54) is 36.7 Å². The summed E-state index contributed by atoms with van der Waals surface area (Å²) in [6.45, 7) is -1.01. The second kappa shape index (κ2) is 7.80. The van der Waals surface area contributed by atoms with E-state index in [1.54, 1.807) is 16.2 Å². The number of nitrogens with zero attached hydrogens (tertiary/aromatic N) is 3. The molecule has 4 aromatic rings. The number of amides is 1. The topological polar surface area (TPSA) is 72.1 Å². The van der Waals surface area contributed by atoms with Crippen LogP contribution in [-0.4, -0.2) is 44.0 Å². The molecule has 0 aliphatic rings. The highest BCUT2D eigenvalue weighted by Crippen LogP contribution is 2.34. The van der Waals surface area contributed by atoms with Crippen LogP contribution in [-0.2, 0) is 13.2 Å². The molecular formula is C21H16F6N4O2. The number of carbonyl (C=O) groups is 1. The number of alkyl halides is 6. The Kier molecular flexibility index (Phi) is 5.35. The zero-order valence-corrected chi connectivity index (χ0v) is 16.9. The molecule has 2 aromatic carbocycles. The summed E-state index contributed by atoms with van der Waals surface area (Å²) >= 11 is 0. The number of nitrogens with one attached hydrogen (secondary N) is 1. The Balaban J connectivity index is 1.75. The van der Waals surface area contributed by atoms with Gasteiger partial charge in [-0.15, -0.1) is 0 Å². The molecule has 0 spiro atoms. The fourth-order valence-electron chi connectivity index (χ4n) is 3.54. The van der Waals surface area contributed by atoms with E-state index in [0.717, 1.165) is 12.1 Å². The summed E-state index contributed by atoms with van der Waals surface area (Å²) < 4.78 is 79.5. The van der Waals surface area contributed by atoms with Crippen LogP contribution < -0.4 is 5.32 Å². The molecule has 33 heavy (non-hydrogen) atoms. The van der Waals surface area contributed by atoms with Crippen molar-refractivity contribution >= 4 is 28.0 Å². The van der Waals surface area contributed by atoms with Gasteiger partial charge >= 0.3 is 12.4 Å². The van der Waals surface area contributed by atoms with E-state index in [0.29, 0.717) is 27.8 Å². The zero-order valence-electron chi connectivity index (χ0n) is 16.9. The van der Waals surface area contributed by atoms with Crippen molar-refractivity contribution < 1.29 is 36.2 Å². The van der Waals surface area contributed by atoms with Crippen molar-refractivity contribution in [1.82, 2.24) is 19.4 Å². The summed E-state index contributed by atoms with van der Waals surface area (Å²) in [6.07, 6.45) is -10.6. The Bertz CT molecular complexity index is 1340. The van der Waals surface area contributed by atoms with Crippen LogP contribution in [0.2, 0.25) is 0 Å². The third-order valence-corrected chi connectivity index (χ3v) is 5.17. The summed E-state index contributed by atoms with van der Waals surface area (Å²) in [7, 11) is 1.69. The summed E-state index contributed by atoms with van der Waals surface area (Å²) in [6, 6.07) is 8.86. The van der Waals surface area contributed by atoms with Crippen molar-refractivity contribution in [2.45, 2.75) is 18.5 Å². The van der Waals surface area contributed by atoms with E-state index < -0.39 is 36.5 Å². The average Bonchev–Trinajstić information content (AvgIpc) is 3.27. The van der Waals surface area contributed by atoms with Crippen LogP contribution in [0.25, 0.3) is 27.8 Å². The second-order valence-electron chi connectivity index (χ2n) is 7.41. The maximum Gasteiger partial charge on any atom is 0.416 e. The van der Waals surface area contributed by atoms with Crippen molar-refractivity contribution in [2.24, 2.45) is 7.05 Å². The van der Waals surface area contributed by atoms with Crippen molar-refractivity contribution in [1.29, 1.82) is 0 Å². The fourth-order valence-corrected chi connectivity index (χ4v) is 3.54. The first-order valence-corrected chi connectivity index (χ1v) is 9.54.